The van der Waals surface area contributed by atoms with Crippen LogP contribution >= 0.6 is 22.9 Å². The normalized spacial score (nSPS) is 19.7. The number of nitrogens with zero attached hydrogens (tertiary/aromatic N) is 3. The van der Waals surface area contributed by atoms with Gasteiger partial charge in [0.1, 0.15) is 10.6 Å². The molecule has 1 saturated heterocycles. The minimum Gasteiger partial charge on any atom is -0.376 e. The van der Waals surface area contributed by atoms with Crippen LogP contribution < -0.4 is 4.90 Å². The fourth-order valence-corrected chi connectivity index (χ4v) is 3.58. The first kappa shape index (κ1) is 14.0. The monoisotopic (exact) mass is 311 g/mol. The Morgan fingerprint density at radius 2 is 2.40 bits per heavy atom. The first-order chi connectivity index (χ1) is 9.78. The molecule has 2 aromatic rings. The maximum Gasteiger partial charge on any atom is 0.225 e. The van der Waals surface area contributed by atoms with Crippen molar-refractivity contribution in [2.75, 3.05) is 24.6 Å². The SMILES string of the molecule is CCCOC1CCCN(c2nc(Cl)nc3sccc23)C1. The Labute approximate surface area is 127 Å². The van der Waals surface area contributed by atoms with E-state index in [9.17, 15) is 0 Å². The minimum absolute atomic E-state index is 0.297. The summed E-state index contributed by atoms with van der Waals surface area (Å²) in [5.74, 6) is 0.950. The van der Waals surface area contributed by atoms with Crippen LogP contribution in [0.4, 0.5) is 5.82 Å². The van der Waals surface area contributed by atoms with E-state index in [2.05, 4.69) is 27.9 Å². The number of anilines is 1. The lowest BCUT2D eigenvalue weighted by Gasteiger charge is -2.33. The van der Waals surface area contributed by atoms with Crippen LogP contribution in [0.2, 0.25) is 5.28 Å². The molecule has 1 atom stereocenters. The Hall–Kier alpha value is -0.910. The Kier molecular flexibility index (Phi) is 4.38. The van der Waals surface area contributed by atoms with Gasteiger partial charge in [-0.3, -0.25) is 0 Å². The fourth-order valence-electron chi connectivity index (χ4n) is 2.61. The molecule has 1 aliphatic rings. The fraction of sp³-hybridized carbons (Fsp3) is 0.571. The average molecular weight is 312 g/mol. The van der Waals surface area contributed by atoms with Crippen LogP contribution in [0.15, 0.2) is 11.4 Å². The summed E-state index contributed by atoms with van der Waals surface area (Å²) in [6.45, 7) is 4.86. The van der Waals surface area contributed by atoms with Crippen molar-refractivity contribution in [3.05, 3.63) is 16.7 Å². The van der Waals surface area contributed by atoms with Crippen LogP contribution in [0.1, 0.15) is 26.2 Å². The second kappa shape index (κ2) is 6.24. The predicted molar refractivity (Wildman–Crippen MR) is 83.9 cm³/mol. The second-order valence-corrected chi connectivity index (χ2v) is 6.27. The van der Waals surface area contributed by atoms with Crippen molar-refractivity contribution < 1.29 is 4.74 Å². The zero-order valence-electron chi connectivity index (χ0n) is 11.5. The summed E-state index contributed by atoms with van der Waals surface area (Å²) in [4.78, 5) is 12.0. The number of aromatic nitrogens is 2. The lowest BCUT2D eigenvalue weighted by molar-refractivity contribution is 0.0439. The van der Waals surface area contributed by atoms with Crippen molar-refractivity contribution in [2.24, 2.45) is 0 Å². The van der Waals surface area contributed by atoms with Gasteiger partial charge in [0.15, 0.2) is 0 Å². The van der Waals surface area contributed by atoms with Gasteiger partial charge in [0.05, 0.1) is 11.5 Å². The van der Waals surface area contributed by atoms with Crippen molar-refractivity contribution >= 4 is 39.0 Å². The predicted octanol–water partition coefficient (Wildman–Crippen LogP) is 3.74. The molecular formula is C14H18ClN3OS. The van der Waals surface area contributed by atoms with E-state index in [4.69, 9.17) is 16.3 Å². The average Bonchev–Trinajstić information content (AvgIpc) is 2.92. The first-order valence-electron chi connectivity index (χ1n) is 7.05. The lowest BCUT2D eigenvalue weighted by Crippen LogP contribution is -2.40. The Balaban J connectivity index is 1.84. The molecule has 1 fully saturated rings. The molecule has 4 nitrogen and oxygen atoms in total. The van der Waals surface area contributed by atoms with Crippen LogP contribution in [-0.2, 0) is 4.74 Å². The molecule has 2 aromatic heterocycles. The van der Waals surface area contributed by atoms with Gasteiger partial charge in [-0.15, -0.1) is 11.3 Å². The van der Waals surface area contributed by atoms with Gasteiger partial charge in [0.25, 0.3) is 0 Å². The molecule has 0 spiro atoms. The van der Waals surface area contributed by atoms with Crippen molar-refractivity contribution in [2.45, 2.75) is 32.3 Å². The molecule has 3 heterocycles. The number of halogens is 1. The topological polar surface area (TPSA) is 38.2 Å². The summed E-state index contributed by atoms with van der Waals surface area (Å²) >= 11 is 7.65. The molecule has 0 saturated carbocycles. The van der Waals surface area contributed by atoms with Crippen LogP contribution in [0.25, 0.3) is 10.2 Å². The van der Waals surface area contributed by atoms with Gasteiger partial charge in [-0.05, 0) is 42.3 Å². The van der Waals surface area contributed by atoms with Crippen LogP contribution in [0, 0.1) is 0 Å². The molecule has 0 aliphatic carbocycles. The summed E-state index contributed by atoms with van der Waals surface area (Å²) < 4.78 is 5.89. The zero-order chi connectivity index (χ0) is 13.9. The number of fused-ring (bicyclic) bond motifs is 1. The van der Waals surface area contributed by atoms with E-state index in [0.717, 1.165) is 55.0 Å². The zero-order valence-corrected chi connectivity index (χ0v) is 13.1. The molecule has 3 rings (SSSR count). The molecule has 1 aliphatic heterocycles. The van der Waals surface area contributed by atoms with Crippen molar-refractivity contribution in [1.29, 1.82) is 0 Å². The number of ether oxygens (including phenoxy) is 1. The van der Waals surface area contributed by atoms with E-state index >= 15 is 0 Å². The minimum atomic E-state index is 0.297. The molecule has 0 radical (unpaired) electrons. The van der Waals surface area contributed by atoms with E-state index in [1.165, 1.54) is 0 Å². The van der Waals surface area contributed by atoms with Gasteiger partial charge in [-0.25, -0.2) is 4.98 Å². The summed E-state index contributed by atoms with van der Waals surface area (Å²) in [5, 5.41) is 3.45. The molecule has 1 unspecified atom stereocenters. The van der Waals surface area contributed by atoms with E-state index in [0.29, 0.717) is 11.4 Å². The highest BCUT2D eigenvalue weighted by molar-refractivity contribution is 7.16. The Morgan fingerprint density at radius 1 is 1.50 bits per heavy atom. The Morgan fingerprint density at radius 3 is 3.25 bits per heavy atom. The molecule has 0 amide bonds. The van der Waals surface area contributed by atoms with Crippen molar-refractivity contribution in [3.8, 4) is 0 Å². The highest BCUT2D eigenvalue weighted by Crippen LogP contribution is 2.31. The largest absolute Gasteiger partial charge is 0.376 e. The van der Waals surface area contributed by atoms with Gasteiger partial charge in [-0.2, -0.15) is 4.98 Å². The second-order valence-electron chi connectivity index (χ2n) is 5.04. The third-order valence-corrected chi connectivity index (χ3v) is 4.49. The van der Waals surface area contributed by atoms with Crippen molar-refractivity contribution in [1.82, 2.24) is 9.97 Å². The summed E-state index contributed by atoms with van der Waals surface area (Å²) in [7, 11) is 0. The number of thiophene rings is 1. The summed E-state index contributed by atoms with van der Waals surface area (Å²) in [6.07, 6.45) is 3.61. The summed E-state index contributed by atoms with van der Waals surface area (Å²) in [6, 6.07) is 2.07. The first-order valence-corrected chi connectivity index (χ1v) is 8.31. The van der Waals surface area contributed by atoms with Gasteiger partial charge in [0, 0.05) is 19.7 Å². The van der Waals surface area contributed by atoms with Crippen LogP contribution in [0.3, 0.4) is 0 Å². The molecule has 0 aromatic carbocycles. The highest BCUT2D eigenvalue weighted by atomic mass is 35.5. The van der Waals surface area contributed by atoms with E-state index < -0.39 is 0 Å². The Bertz CT molecular complexity index is 589. The van der Waals surface area contributed by atoms with Crippen LogP contribution in [-0.4, -0.2) is 35.8 Å². The maximum atomic E-state index is 6.05. The van der Waals surface area contributed by atoms with Gasteiger partial charge >= 0.3 is 0 Å². The summed E-state index contributed by atoms with van der Waals surface area (Å²) in [5.41, 5.74) is 0. The van der Waals surface area contributed by atoms with Gasteiger partial charge in [-0.1, -0.05) is 6.92 Å². The molecule has 108 valence electrons. The molecule has 0 bridgehead atoms. The lowest BCUT2D eigenvalue weighted by atomic mass is 10.1. The highest BCUT2D eigenvalue weighted by Gasteiger charge is 2.23. The quantitative estimate of drug-likeness (QED) is 0.806. The number of hydrogen-bond donors (Lipinski definition) is 0. The van der Waals surface area contributed by atoms with E-state index in [-0.39, 0.29) is 0 Å². The molecule has 20 heavy (non-hydrogen) atoms. The van der Waals surface area contributed by atoms with Crippen LogP contribution in [0.5, 0.6) is 0 Å². The molecule has 0 N–H and O–H groups in total. The molecular weight excluding hydrogens is 294 g/mol. The third-order valence-electron chi connectivity index (χ3n) is 3.51. The maximum absolute atomic E-state index is 6.05. The smallest absolute Gasteiger partial charge is 0.225 e. The van der Waals surface area contributed by atoms with Gasteiger partial charge in [0.2, 0.25) is 5.28 Å². The van der Waals surface area contributed by atoms with Crippen molar-refractivity contribution in [3.63, 3.8) is 0 Å². The van der Waals surface area contributed by atoms with Gasteiger partial charge < -0.3 is 9.64 Å². The number of hydrogen-bond acceptors (Lipinski definition) is 5. The number of rotatable bonds is 4. The molecule has 6 heteroatoms. The standard InChI is InChI=1S/C14H18ClN3OS/c1-2-7-19-10-4-3-6-18(9-10)12-11-5-8-20-13(11)17-14(15)16-12/h5,8,10H,2-4,6-7,9H2,1H3. The third kappa shape index (κ3) is 2.90. The van der Waals surface area contributed by atoms with E-state index in [1.807, 2.05) is 5.38 Å². The van der Waals surface area contributed by atoms with E-state index in [1.54, 1.807) is 11.3 Å². The number of piperidine rings is 1.